The number of piperidine rings is 1. The molecule has 0 atom stereocenters. The number of hydrogen-bond acceptors (Lipinski definition) is 4. The largest absolute Gasteiger partial charge is 0.493 e. The molecule has 0 radical (unpaired) electrons. The zero-order valence-corrected chi connectivity index (χ0v) is 23.4. The molecule has 1 fully saturated rings. The van der Waals surface area contributed by atoms with Gasteiger partial charge in [-0.25, -0.2) is 17.2 Å². The van der Waals surface area contributed by atoms with Crippen molar-refractivity contribution >= 4 is 27.5 Å². The minimum atomic E-state index is -4.04. The second-order valence-electron chi connectivity index (χ2n) is 10.1. The first-order valence-electron chi connectivity index (χ1n) is 12.6. The second-order valence-corrected chi connectivity index (χ2v) is 12.4. The fourth-order valence-corrected chi connectivity index (χ4v) is 6.28. The summed E-state index contributed by atoms with van der Waals surface area (Å²) in [6.45, 7) is 2.75. The van der Waals surface area contributed by atoms with Crippen molar-refractivity contribution in [2.75, 3.05) is 26.7 Å². The van der Waals surface area contributed by atoms with Crippen LogP contribution >= 0.6 is 11.6 Å². The van der Waals surface area contributed by atoms with Gasteiger partial charge in [-0.2, -0.15) is 4.31 Å². The predicted molar refractivity (Wildman–Crippen MR) is 146 cm³/mol. The van der Waals surface area contributed by atoms with Gasteiger partial charge in [-0.1, -0.05) is 41.9 Å². The highest BCUT2D eigenvalue weighted by Gasteiger charge is 2.41. The van der Waals surface area contributed by atoms with Gasteiger partial charge in [0.25, 0.3) is 0 Å². The topological polar surface area (TPSA) is 66.9 Å². The molecule has 1 aliphatic heterocycles. The van der Waals surface area contributed by atoms with Crippen LogP contribution in [-0.2, 0) is 21.4 Å². The monoisotopic (exact) mass is 576 g/mol. The van der Waals surface area contributed by atoms with Crippen LogP contribution in [0.1, 0.15) is 30.4 Å². The van der Waals surface area contributed by atoms with Crippen molar-refractivity contribution in [2.45, 2.75) is 37.6 Å². The summed E-state index contributed by atoms with van der Waals surface area (Å²) in [7, 11) is -2.29. The summed E-state index contributed by atoms with van der Waals surface area (Å²) in [5.41, 5.74) is 1.23. The first kappa shape index (κ1) is 29.0. The number of amides is 1. The Bertz CT molecular complexity index is 1430. The van der Waals surface area contributed by atoms with E-state index in [1.165, 1.54) is 4.31 Å². The maximum absolute atomic E-state index is 13.8. The number of sulfonamides is 1. The van der Waals surface area contributed by atoms with Crippen LogP contribution in [0.25, 0.3) is 0 Å². The zero-order valence-electron chi connectivity index (χ0n) is 21.9. The molecule has 1 amide bonds. The van der Waals surface area contributed by atoms with Gasteiger partial charge in [-0.3, -0.25) is 4.79 Å². The number of nitrogens with zero attached hydrogens (tertiary/aromatic N) is 2. The molecule has 1 aliphatic rings. The van der Waals surface area contributed by atoms with E-state index < -0.39 is 27.1 Å². The Kier molecular flexibility index (Phi) is 8.93. The van der Waals surface area contributed by atoms with Gasteiger partial charge in [0.05, 0.1) is 11.5 Å². The lowest BCUT2D eigenvalue weighted by Gasteiger charge is -2.41. The number of carbonyl (C=O) groups is 1. The molecular weight excluding hydrogens is 546 g/mol. The molecule has 0 unspecified atom stereocenters. The van der Waals surface area contributed by atoms with E-state index in [4.69, 9.17) is 16.3 Å². The zero-order chi connectivity index (χ0) is 28.2. The highest BCUT2D eigenvalue weighted by Crippen LogP contribution is 2.38. The van der Waals surface area contributed by atoms with E-state index in [0.29, 0.717) is 36.2 Å². The Morgan fingerprint density at radius 2 is 1.72 bits per heavy atom. The van der Waals surface area contributed by atoms with Crippen LogP contribution in [0.2, 0.25) is 5.02 Å². The van der Waals surface area contributed by atoms with Crippen molar-refractivity contribution < 1.29 is 26.7 Å². The molecule has 3 aromatic carbocycles. The van der Waals surface area contributed by atoms with Crippen molar-refractivity contribution in [2.24, 2.45) is 5.41 Å². The van der Waals surface area contributed by atoms with Gasteiger partial charge in [0.15, 0.2) is 11.6 Å². The van der Waals surface area contributed by atoms with E-state index in [2.05, 4.69) is 0 Å². The van der Waals surface area contributed by atoms with E-state index in [1.807, 2.05) is 43.3 Å². The number of halogens is 3. The fraction of sp³-hybridized carbons (Fsp3) is 0.345. The molecular formula is C29H31ClF2N2O4S. The number of rotatable bonds is 9. The van der Waals surface area contributed by atoms with Crippen LogP contribution in [-0.4, -0.2) is 50.3 Å². The summed E-state index contributed by atoms with van der Waals surface area (Å²) in [4.78, 5) is 14.7. The average Bonchev–Trinajstić information content (AvgIpc) is 2.91. The maximum atomic E-state index is 13.8. The van der Waals surface area contributed by atoms with Crippen LogP contribution in [0, 0.1) is 24.0 Å². The average molecular weight is 577 g/mol. The quantitative estimate of drug-likeness (QED) is 0.322. The molecule has 39 heavy (non-hydrogen) atoms. The summed E-state index contributed by atoms with van der Waals surface area (Å²) in [6, 6.07) is 17.5. The van der Waals surface area contributed by atoms with Crippen LogP contribution in [0.4, 0.5) is 8.78 Å². The van der Waals surface area contributed by atoms with Gasteiger partial charge in [-0.15, -0.1) is 0 Å². The van der Waals surface area contributed by atoms with Crippen LogP contribution in [0.15, 0.2) is 71.6 Å². The molecule has 4 rings (SSSR count). The lowest BCUT2D eigenvalue weighted by Crippen LogP contribution is -2.47. The maximum Gasteiger partial charge on any atom is 0.243 e. The normalized spacial score (nSPS) is 15.6. The Morgan fingerprint density at radius 3 is 2.36 bits per heavy atom. The van der Waals surface area contributed by atoms with E-state index in [9.17, 15) is 22.0 Å². The Morgan fingerprint density at radius 1 is 1.03 bits per heavy atom. The molecule has 0 N–H and O–H groups in total. The molecule has 0 aromatic heterocycles. The lowest BCUT2D eigenvalue weighted by molar-refractivity contribution is -0.134. The van der Waals surface area contributed by atoms with E-state index >= 15 is 0 Å². The van der Waals surface area contributed by atoms with Gasteiger partial charge < -0.3 is 9.64 Å². The summed E-state index contributed by atoms with van der Waals surface area (Å²) in [6.07, 6.45) is 0.878. The molecule has 1 saturated heterocycles. The smallest absolute Gasteiger partial charge is 0.243 e. The summed E-state index contributed by atoms with van der Waals surface area (Å²) < 4.78 is 60.9. The van der Waals surface area contributed by atoms with Crippen molar-refractivity contribution in [1.29, 1.82) is 0 Å². The summed E-state index contributed by atoms with van der Waals surface area (Å²) in [5.74, 6) is -1.80. The van der Waals surface area contributed by atoms with Gasteiger partial charge in [-0.05, 0) is 67.3 Å². The minimum Gasteiger partial charge on any atom is -0.493 e. The van der Waals surface area contributed by atoms with Gasteiger partial charge in [0.2, 0.25) is 15.9 Å². The van der Waals surface area contributed by atoms with E-state index in [0.717, 1.165) is 23.3 Å². The molecule has 3 aromatic rings. The SMILES string of the molecule is Cc1cc(OCC2(CC(=O)N(C)Cc3ccccc3)CCN(S(=O)(=O)c3ccc(F)c(F)c3)CC2)ccc1Cl. The molecule has 10 heteroatoms. The Balaban J connectivity index is 1.51. The first-order chi connectivity index (χ1) is 18.5. The minimum absolute atomic E-state index is 0.0772. The third-order valence-electron chi connectivity index (χ3n) is 7.20. The van der Waals surface area contributed by atoms with Crippen molar-refractivity contribution in [3.63, 3.8) is 0 Å². The third kappa shape index (κ3) is 6.96. The predicted octanol–water partition coefficient (Wildman–Crippen LogP) is 5.83. The van der Waals surface area contributed by atoms with Crippen molar-refractivity contribution in [3.05, 3.63) is 94.5 Å². The van der Waals surface area contributed by atoms with E-state index in [1.54, 1.807) is 24.1 Å². The fourth-order valence-electron chi connectivity index (χ4n) is 4.70. The number of hydrogen-bond donors (Lipinski definition) is 0. The Labute approximate surface area is 233 Å². The standard InChI is InChI=1S/C29H31ClF2N2O4S/c1-21-16-23(8-10-25(21)30)38-20-29(18-28(35)33(2)19-22-6-4-3-5-7-22)12-14-34(15-13-29)39(36,37)24-9-11-26(31)27(32)17-24/h3-11,16-17H,12-15,18-20H2,1-2H3. The van der Waals surface area contributed by atoms with Gasteiger partial charge in [0, 0.05) is 43.5 Å². The number of carbonyl (C=O) groups excluding carboxylic acids is 1. The molecule has 1 heterocycles. The molecule has 208 valence electrons. The molecule has 0 aliphatic carbocycles. The number of ether oxygens (including phenoxy) is 1. The van der Waals surface area contributed by atoms with E-state index in [-0.39, 0.29) is 36.9 Å². The van der Waals surface area contributed by atoms with Gasteiger partial charge in [0.1, 0.15) is 5.75 Å². The highest BCUT2D eigenvalue weighted by molar-refractivity contribution is 7.89. The Hall–Kier alpha value is -3.01. The molecule has 0 spiro atoms. The second kappa shape index (κ2) is 12.0. The first-order valence-corrected chi connectivity index (χ1v) is 14.4. The molecule has 0 bridgehead atoms. The van der Waals surface area contributed by atoms with Crippen LogP contribution in [0.3, 0.4) is 0 Å². The highest BCUT2D eigenvalue weighted by atomic mass is 35.5. The van der Waals surface area contributed by atoms with Gasteiger partial charge >= 0.3 is 0 Å². The summed E-state index contributed by atoms with van der Waals surface area (Å²) >= 11 is 6.14. The van der Waals surface area contributed by atoms with Crippen molar-refractivity contribution in [3.8, 4) is 5.75 Å². The lowest BCUT2D eigenvalue weighted by atomic mass is 9.76. The molecule has 6 nitrogen and oxygen atoms in total. The summed E-state index contributed by atoms with van der Waals surface area (Å²) in [5, 5.41) is 0.616. The van der Waals surface area contributed by atoms with Crippen LogP contribution < -0.4 is 4.74 Å². The molecule has 0 saturated carbocycles. The van der Waals surface area contributed by atoms with Crippen molar-refractivity contribution in [1.82, 2.24) is 9.21 Å². The number of benzene rings is 3. The van der Waals surface area contributed by atoms with Crippen LogP contribution in [0.5, 0.6) is 5.75 Å². The number of aryl methyl sites for hydroxylation is 1. The third-order valence-corrected chi connectivity index (χ3v) is 9.52.